The van der Waals surface area contributed by atoms with Crippen LogP contribution in [0.3, 0.4) is 0 Å². The van der Waals surface area contributed by atoms with Gasteiger partial charge in [0.15, 0.2) is 0 Å². The first-order chi connectivity index (χ1) is 16.5. The van der Waals surface area contributed by atoms with E-state index < -0.39 is 0 Å². The predicted molar refractivity (Wildman–Crippen MR) is 133 cm³/mol. The Kier molecular flexibility index (Phi) is 7.18. The zero-order chi connectivity index (χ0) is 23.9. The molecule has 0 saturated carbocycles. The van der Waals surface area contributed by atoms with Crippen molar-refractivity contribution in [2.24, 2.45) is 0 Å². The van der Waals surface area contributed by atoms with E-state index in [0.717, 1.165) is 39.3 Å². The van der Waals surface area contributed by atoms with Gasteiger partial charge in [0.05, 0.1) is 14.2 Å². The maximum Gasteiger partial charge on any atom is 0.336 e. The van der Waals surface area contributed by atoms with Crippen LogP contribution in [-0.4, -0.2) is 27.4 Å². The zero-order valence-corrected chi connectivity index (χ0v) is 19.4. The molecule has 1 aromatic heterocycles. The van der Waals surface area contributed by atoms with Gasteiger partial charge in [-0.15, -0.1) is 0 Å². The van der Waals surface area contributed by atoms with Crippen molar-refractivity contribution in [2.45, 2.75) is 6.92 Å². The molecule has 6 nitrogen and oxygen atoms in total. The summed E-state index contributed by atoms with van der Waals surface area (Å²) in [6.45, 7) is 2.63. The summed E-state index contributed by atoms with van der Waals surface area (Å²) in [5, 5.41) is 0.892. The largest absolute Gasteiger partial charge is 0.497 e. The second-order valence-corrected chi connectivity index (χ2v) is 7.65. The van der Waals surface area contributed by atoms with E-state index in [9.17, 15) is 4.79 Å². The van der Waals surface area contributed by atoms with Crippen LogP contribution >= 0.6 is 0 Å². The second-order valence-electron chi connectivity index (χ2n) is 7.65. The van der Waals surface area contributed by atoms with Crippen molar-refractivity contribution in [3.8, 4) is 23.0 Å². The van der Waals surface area contributed by atoms with Crippen LogP contribution < -0.4 is 24.6 Å². The number of hydrogen-bond donors (Lipinski definition) is 0. The summed E-state index contributed by atoms with van der Waals surface area (Å²) in [5.74, 6) is 2.87. The van der Waals surface area contributed by atoms with E-state index in [-0.39, 0.29) is 5.63 Å². The van der Waals surface area contributed by atoms with E-state index in [2.05, 4.69) is 0 Å². The quantitative estimate of drug-likeness (QED) is 0.181. The van der Waals surface area contributed by atoms with Gasteiger partial charge in [0.25, 0.3) is 0 Å². The molecule has 4 rings (SSSR count). The van der Waals surface area contributed by atoms with Crippen molar-refractivity contribution in [2.75, 3.05) is 27.4 Å². The van der Waals surface area contributed by atoms with Gasteiger partial charge in [-0.1, -0.05) is 24.3 Å². The number of aryl methyl sites for hydroxylation is 1. The molecule has 0 aliphatic carbocycles. The van der Waals surface area contributed by atoms with Crippen LogP contribution in [0, 0.1) is 6.92 Å². The number of ether oxygens (including phenoxy) is 4. The number of methoxy groups -OCH3 is 2. The fraction of sp³-hybridized carbons (Fsp3) is 0.179. The maximum absolute atomic E-state index is 11.6. The Labute approximate surface area is 198 Å². The monoisotopic (exact) mass is 458 g/mol. The molecule has 0 bridgehead atoms. The zero-order valence-electron chi connectivity index (χ0n) is 19.4. The predicted octanol–water partition coefficient (Wildman–Crippen LogP) is 5.75. The van der Waals surface area contributed by atoms with Crippen molar-refractivity contribution >= 4 is 23.1 Å². The molecule has 0 aliphatic rings. The van der Waals surface area contributed by atoms with Crippen molar-refractivity contribution in [1.29, 1.82) is 0 Å². The Bertz CT molecular complexity index is 1330. The number of hydrogen-bond acceptors (Lipinski definition) is 6. The van der Waals surface area contributed by atoms with E-state index in [1.54, 1.807) is 20.3 Å². The molecule has 34 heavy (non-hydrogen) atoms. The molecule has 0 N–H and O–H groups in total. The number of rotatable bonds is 9. The molecule has 0 fully saturated rings. The summed E-state index contributed by atoms with van der Waals surface area (Å²) in [6.07, 6.45) is 4.02. The lowest BCUT2D eigenvalue weighted by atomic mass is 10.1. The van der Waals surface area contributed by atoms with Gasteiger partial charge in [0.2, 0.25) is 0 Å². The third-order valence-electron chi connectivity index (χ3n) is 5.27. The molecule has 4 aromatic rings. The molecule has 0 atom stereocenters. The van der Waals surface area contributed by atoms with E-state index >= 15 is 0 Å². The lowest BCUT2D eigenvalue weighted by Crippen LogP contribution is -2.09. The first-order valence-electron chi connectivity index (χ1n) is 10.9. The van der Waals surface area contributed by atoms with Gasteiger partial charge in [0.1, 0.15) is 41.8 Å². The van der Waals surface area contributed by atoms with Crippen molar-refractivity contribution < 1.29 is 23.4 Å². The maximum atomic E-state index is 11.6. The topological polar surface area (TPSA) is 67.1 Å². The minimum absolute atomic E-state index is 0.362. The lowest BCUT2D eigenvalue weighted by molar-refractivity contribution is 0.217. The molecule has 3 aromatic carbocycles. The van der Waals surface area contributed by atoms with Crippen LogP contribution in [0.5, 0.6) is 23.0 Å². The number of benzene rings is 3. The van der Waals surface area contributed by atoms with Crippen molar-refractivity contribution in [3.63, 3.8) is 0 Å². The fourth-order valence-electron chi connectivity index (χ4n) is 3.51. The van der Waals surface area contributed by atoms with Gasteiger partial charge < -0.3 is 23.4 Å². The molecule has 0 radical (unpaired) electrons. The van der Waals surface area contributed by atoms with E-state index in [4.69, 9.17) is 23.4 Å². The molecule has 0 amide bonds. The Hall–Kier alpha value is -4.19. The molecule has 174 valence electrons. The smallest absolute Gasteiger partial charge is 0.336 e. The molecule has 0 unspecified atom stereocenters. The highest BCUT2D eigenvalue weighted by atomic mass is 16.5. The average molecular weight is 459 g/mol. The molecule has 6 heteroatoms. The summed E-state index contributed by atoms with van der Waals surface area (Å²) >= 11 is 0. The Morgan fingerprint density at radius 2 is 1.32 bits per heavy atom. The molecule has 0 spiro atoms. The Balaban J connectivity index is 1.30. The third-order valence-corrected chi connectivity index (χ3v) is 5.27. The minimum Gasteiger partial charge on any atom is -0.497 e. The summed E-state index contributed by atoms with van der Waals surface area (Å²) in [7, 11) is 3.27. The van der Waals surface area contributed by atoms with Crippen molar-refractivity contribution in [1.82, 2.24) is 0 Å². The fourth-order valence-corrected chi connectivity index (χ4v) is 3.51. The molecule has 0 aliphatic heterocycles. The number of fused-ring (bicyclic) bond motifs is 1. The van der Waals surface area contributed by atoms with Crippen molar-refractivity contribution in [3.05, 3.63) is 93.8 Å². The van der Waals surface area contributed by atoms with Crippen LogP contribution in [0.2, 0.25) is 0 Å². The average Bonchev–Trinajstić information content (AvgIpc) is 2.85. The van der Waals surface area contributed by atoms with Gasteiger partial charge in [-0.05, 0) is 60.0 Å². The van der Waals surface area contributed by atoms with Gasteiger partial charge >= 0.3 is 5.63 Å². The summed E-state index contributed by atoms with van der Waals surface area (Å²) in [4.78, 5) is 11.6. The highest BCUT2D eigenvalue weighted by Crippen LogP contribution is 2.24. The van der Waals surface area contributed by atoms with Gasteiger partial charge in [-0.2, -0.15) is 0 Å². The normalized spacial score (nSPS) is 11.0. The van der Waals surface area contributed by atoms with Gasteiger partial charge in [-0.3, -0.25) is 0 Å². The molecular weight excluding hydrogens is 432 g/mol. The first-order valence-corrected chi connectivity index (χ1v) is 10.9. The summed E-state index contributed by atoms with van der Waals surface area (Å²) < 4.78 is 27.4. The highest BCUT2D eigenvalue weighted by Gasteiger charge is 2.04. The van der Waals surface area contributed by atoms with Crippen LogP contribution in [-0.2, 0) is 0 Å². The first kappa shape index (κ1) is 23.0. The second kappa shape index (κ2) is 10.6. The summed E-state index contributed by atoms with van der Waals surface area (Å²) in [5.41, 5.74) is 3.05. The lowest BCUT2D eigenvalue weighted by Gasteiger charge is -2.09. The van der Waals surface area contributed by atoms with Crippen LogP contribution in [0.1, 0.15) is 16.7 Å². The molecule has 1 heterocycles. The van der Waals surface area contributed by atoms with Crippen LogP contribution in [0.15, 0.2) is 75.9 Å². The molecular formula is C28H26O6. The van der Waals surface area contributed by atoms with E-state index in [1.165, 1.54) is 6.07 Å². The van der Waals surface area contributed by atoms with E-state index in [0.29, 0.717) is 24.5 Å². The van der Waals surface area contributed by atoms with Crippen LogP contribution in [0.4, 0.5) is 0 Å². The van der Waals surface area contributed by atoms with Gasteiger partial charge in [-0.25, -0.2) is 4.79 Å². The van der Waals surface area contributed by atoms with E-state index in [1.807, 2.05) is 73.7 Å². The third kappa shape index (κ3) is 5.78. The minimum atomic E-state index is -0.369. The highest BCUT2D eigenvalue weighted by molar-refractivity contribution is 5.81. The van der Waals surface area contributed by atoms with Gasteiger partial charge in [0, 0.05) is 23.6 Å². The molecule has 0 saturated heterocycles. The standard InChI is InChI=1S/C28H26O6/c1-19-14-28(29)34-27-18-23(10-11-26(19)27)33-13-12-32-22-8-6-20(7-9-22)4-5-21-15-24(30-2)17-25(16-21)31-3/h4-11,14-18H,12-13H2,1-3H3/b5-4+. The summed E-state index contributed by atoms with van der Waals surface area (Å²) in [6, 6.07) is 20.5. The Morgan fingerprint density at radius 3 is 2.00 bits per heavy atom. The SMILES string of the molecule is COc1cc(/C=C/c2ccc(OCCOc3ccc4c(C)cc(=O)oc4c3)cc2)cc(OC)c1. The van der Waals surface area contributed by atoms with Crippen LogP contribution in [0.25, 0.3) is 23.1 Å². The Morgan fingerprint density at radius 1 is 0.706 bits per heavy atom.